The molecule has 0 aliphatic rings. The highest BCUT2D eigenvalue weighted by Gasteiger charge is 2.23. The fourth-order valence-electron chi connectivity index (χ4n) is 2.89. The second kappa shape index (κ2) is 7.93. The van der Waals surface area contributed by atoms with Gasteiger partial charge in [0.05, 0.1) is 23.3 Å². The third kappa shape index (κ3) is 4.26. The average molecular weight is 372 g/mol. The lowest BCUT2D eigenvalue weighted by Gasteiger charge is -2.24. The highest BCUT2D eigenvalue weighted by atomic mass is 32.1. The molecular formula is C20H23FN3OS+. The second-order valence-corrected chi connectivity index (χ2v) is 7.70. The quantitative estimate of drug-likeness (QED) is 0.722. The van der Waals surface area contributed by atoms with Gasteiger partial charge in [-0.2, -0.15) is 0 Å². The Hall–Kier alpha value is -2.31. The van der Waals surface area contributed by atoms with Crippen molar-refractivity contribution in [1.29, 1.82) is 0 Å². The van der Waals surface area contributed by atoms with Gasteiger partial charge in [-0.1, -0.05) is 24.3 Å². The summed E-state index contributed by atoms with van der Waals surface area (Å²) in [5.74, 6) is -0.200. The lowest BCUT2D eigenvalue weighted by Crippen LogP contribution is -3.08. The number of thiazole rings is 1. The number of carbonyl (C=O) groups excluding carboxylic acids is 1. The molecule has 0 saturated heterocycles. The summed E-state index contributed by atoms with van der Waals surface area (Å²) >= 11 is 1.62. The molecule has 2 aromatic carbocycles. The number of nitrogens with zero attached hydrogens (tertiary/aromatic N) is 2. The largest absolute Gasteiger partial charge is 0.332 e. The fraction of sp³-hybridized carbons (Fsp3) is 0.300. The van der Waals surface area contributed by atoms with Gasteiger partial charge in [-0.05, 0) is 31.2 Å². The molecule has 6 heteroatoms. The Kier molecular flexibility index (Phi) is 5.64. The fourth-order valence-corrected chi connectivity index (χ4v) is 3.95. The van der Waals surface area contributed by atoms with E-state index < -0.39 is 0 Å². The molecule has 0 spiro atoms. The Morgan fingerprint density at radius 2 is 2.04 bits per heavy atom. The van der Waals surface area contributed by atoms with Crippen LogP contribution in [0.4, 0.5) is 4.39 Å². The first-order valence-electron chi connectivity index (χ1n) is 8.61. The molecule has 1 aromatic heterocycles. The zero-order valence-electron chi connectivity index (χ0n) is 15.2. The van der Waals surface area contributed by atoms with Gasteiger partial charge in [0.2, 0.25) is 0 Å². The van der Waals surface area contributed by atoms with E-state index in [1.165, 1.54) is 12.1 Å². The molecule has 0 aliphatic heterocycles. The van der Waals surface area contributed by atoms with Crippen molar-refractivity contribution >= 4 is 27.5 Å². The minimum absolute atomic E-state index is 0.0469. The molecule has 1 amide bonds. The van der Waals surface area contributed by atoms with E-state index in [0.29, 0.717) is 13.1 Å². The number of nitrogens with one attached hydrogen (secondary N) is 1. The molecule has 3 rings (SSSR count). The van der Waals surface area contributed by atoms with Crippen molar-refractivity contribution < 1.29 is 14.1 Å². The van der Waals surface area contributed by atoms with Gasteiger partial charge in [0, 0.05) is 12.6 Å². The number of amides is 1. The summed E-state index contributed by atoms with van der Waals surface area (Å²) in [6.45, 7) is 2.95. The van der Waals surface area contributed by atoms with Crippen molar-refractivity contribution in [3.8, 4) is 0 Å². The van der Waals surface area contributed by atoms with Crippen LogP contribution in [-0.4, -0.2) is 36.4 Å². The molecule has 1 unspecified atom stereocenters. The van der Waals surface area contributed by atoms with E-state index in [4.69, 9.17) is 0 Å². The first-order chi connectivity index (χ1) is 12.4. The van der Waals surface area contributed by atoms with E-state index in [1.807, 2.05) is 51.4 Å². The maximum absolute atomic E-state index is 13.3. The molecule has 0 fully saturated rings. The molecule has 0 saturated carbocycles. The zero-order chi connectivity index (χ0) is 18.7. The van der Waals surface area contributed by atoms with Crippen LogP contribution in [0.25, 0.3) is 10.2 Å². The molecular weight excluding hydrogens is 349 g/mol. The van der Waals surface area contributed by atoms with E-state index in [9.17, 15) is 9.18 Å². The van der Waals surface area contributed by atoms with Crippen LogP contribution in [0.15, 0.2) is 48.5 Å². The number of benzene rings is 2. The molecule has 0 bridgehead atoms. The van der Waals surface area contributed by atoms with Crippen molar-refractivity contribution in [2.45, 2.75) is 19.5 Å². The van der Waals surface area contributed by atoms with Crippen molar-refractivity contribution in [2.24, 2.45) is 0 Å². The number of fused-ring (bicyclic) bond motifs is 1. The van der Waals surface area contributed by atoms with Gasteiger partial charge in [0.15, 0.2) is 6.54 Å². The SMILES string of the molecule is C[C@@H](c1nc2ccccc2s1)N(C)C(=O)C[NH+](C)Cc1cccc(F)c1. The van der Waals surface area contributed by atoms with Crippen molar-refractivity contribution in [2.75, 3.05) is 20.6 Å². The van der Waals surface area contributed by atoms with E-state index in [1.54, 1.807) is 22.3 Å². The number of quaternary nitrogens is 1. The number of rotatable bonds is 6. The van der Waals surface area contributed by atoms with Crippen LogP contribution in [-0.2, 0) is 11.3 Å². The van der Waals surface area contributed by atoms with E-state index >= 15 is 0 Å². The van der Waals surface area contributed by atoms with Crippen LogP contribution in [0, 0.1) is 5.82 Å². The molecule has 3 aromatic rings. The molecule has 2 atom stereocenters. The Bertz CT molecular complexity index is 878. The van der Waals surface area contributed by atoms with Crippen LogP contribution in [0.1, 0.15) is 23.5 Å². The number of aromatic nitrogens is 1. The number of likely N-dealkylation sites (N-methyl/N-ethyl adjacent to an activating group) is 2. The van der Waals surface area contributed by atoms with E-state index in [2.05, 4.69) is 4.98 Å². The number of carbonyl (C=O) groups is 1. The third-order valence-corrected chi connectivity index (χ3v) is 5.70. The van der Waals surface area contributed by atoms with Crippen molar-refractivity contribution in [1.82, 2.24) is 9.88 Å². The van der Waals surface area contributed by atoms with Crippen LogP contribution >= 0.6 is 11.3 Å². The molecule has 26 heavy (non-hydrogen) atoms. The standard InChI is InChI=1S/C20H22FN3OS/c1-14(20-22-17-9-4-5-10-18(17)26-20)24(3)19(25)13-23(2)12-15-7-6-8-16(21)11-15/h4-11,14H,12-13H2,1-3H3/p+1/t14-/m0/s1. The Morgan fingerprint density at radius 1 is 1.27 bits per heavy atom. The molecule has 136 valence electrons. The van der Waals surface area contributed by atoms with Crippen LogP contribution < -0.4 is 4.90 Å². The Morgan fingerprint density at radius 3 is 2.77 bits per heavy atom. The van der Waals surface area contributed by atoms with Crippen molar-refractivity contribution in [3.05, 3.63) is 64.9 Å². The minimum atomic E-state index is -0.247. The van der Waals surface area contributed by atoms with Gasteiger partial charge in [0.1, 0.15) is 17.4 Å². The molecule has 0 radical (unpaired) electrons. The summed E-state index contributed by atoms with van der Waals surface area (Å²) in [4.78, 5) is 20.1. The molecule has 1 heterocycles. The van der Waals surface area contributed by atoms with Gasteiger partial charge >= 0.3 is 0 Å². The Balaban J connectivity index is 1.62. The normalized spacial score (nSPS) is 13.5. The second-order valence-electron chi connectivity index (χ2n) is 6.64. The van der Waals surface area contributed by atoms with Crippen LogP contribution in [0.5, 0.6) is 0 Å². The number of hydrogen-bond donors (Lipinski definition) is 1. The van der Waals surface area contributed by atoms with Gasteiger partial charge in [0.25, 0.3) is 5.91 Å². The first kappa shape index (κ1) is 18.5. The lowest BCUT2D eigenvalue weighted by molar-refractivity contribution is -0.885. The number of para-hydroxylation sites is 1. The van der Waals surface area contributed by atoms with E-state index in [-0.39, 0.29) is 17.8 Å². The maximum atomic E-state index is 13.3. The predicted octanol–water partition coefficient (Wildman–Crippen LogP) is 2.67. The topological polar surface area (TPSA) is 37.6 Å². The zero-order valence-corrected chi connectivity index (χ0v) is 16.0. The van der Waals surface area contributed by atoms with Gasteiger partial charge in [-0.25, -0.2) is 9.37 Å². The number of halogens is 1. The molecule has 1 N–H and O–H groups in total. The van der Waals surface area contributed by atoms with Crippen LogP contribution in [0.2, 0.25) is 0 Å². The summed E-state index contributed by atoms with van der Waals surface area (Å²) in [6.07, 6.45) is 0. The highest BCUT2D eigenvalue weighted by Crippen LogP contribution is 2.28. The smallest absolute Gasteiger partial charge is 0.278 e. The summed E-state index contributed by atoms with van der Waals surface area (Å²) in [6, 6.07) is 14.4. The summed E-state index contributed by atoms with van der Waals surface area (Å²) < 4.78 is 14.4. The van der Waals surface area contributed by atoms with Gasteiger partial charge < -0.3 is 9.80 Å². The molecule has 0 aliphatic carbocycles. The third-order valence-electron chi connectivity index (χ3n) is 4.49. The first-order valence-corrected chi connectivity index (χ1v) is 9.42. The predicted molar refractivity (Wildman–Crippen MR) is 103 cm³/mol. The minimum Gasteiger partial charge on any atom is -0.332 e. The summed E-state index contributed by atoms with van der Waals surface area (Å²) in [7, 11) is 3.76. The van der Waals surface area contributed by atoms with E-state index in [0.717, 1.165) is 25.7 Å². The summed E-state index contributed by atoms with van der Waals surface area (Å²) in [5, 5.41) is 0.935. The monoisotopic (exact) mass is 372 g/mol. The number of hydrogen-bond acceptors (Lipinski definition) is 3. The lowest BCUT2D eigenvalue weighted by atomic mass is 10.2. The highest BCUT2D eigenvalue weighted by molar-refractivity contribution is 7.18. The van der Waals surface area contributed by atoms with Gasteiger partial charge in [-0.15, -0.1) is 11.3 Å². The maximum Gasteiger partial charge on any atom is 0.278 e. The van der Waals surface area contributed by atoms with Crippen LogP contribution in [0.3, 0.4) is 0 Å². The Labute approximate surface area is 156 Å². The summed E-state index contributed by atoms with van der Waals surface area (Å²) in [5.41, 5.74) is 1.85. The van der Waals surface area contributed by atoms with Gasteiger partial charge in [-0.3, -0.25) is 4.79 Å². The molecule has 4 nitrogen and oxygen atoms in total. The van der Waals surface area contributed by atoms with Crippen molar-refractivity contribution in [3.63, 3.8) is 0 Å². The average Bonchev–Trinajstić information content (AvgIpc) is 3.04.